The minimum Gasteiger partial charge on any atom is -0.103 e. The second kappa shape index (κ2) is 7.92. The zero-order valence-electron chi connectivity index (χ0n) is 12.5. The minimum absolute atomic E-state index is 1.02. The van der Waals surface area contributed by atoms with E-state index in [0.29, 0.717) is 0 Å². The second-order valence-corrected chi connectivity index (χ2v) is 5.01. The van der Waals surface area contributed by atoms with Crippen molar-refractivity contribution in [2.45, 2.75) is 19.8 Å². The van der Waals surface area contributed by atoms with Gasteiger partial charge in [0.1, 0.15) is 0 Å². The van der Waals surface area contributed by atoms with Crippen molar-refractivity contribution >= 4 is 6.08 Å². The monoisotopic (exact) mass is 272 g/mol. The van der Waals surface area contributed by atoms with Gasteiger partial charge in [0.05, 0.1) is 0 Å². The van der Waals surface area contributed by atoms with Crippen LogP contribution in [0.1, 0.15) is 35.1 Å². The zero-order chi connectivity index (χ0) is 14.9. The van der Waals surface area contributed by atoms with E-state index in [0.717, 1.165) is 24.0 Å². The number of benzene rings is 2. The van der Waals surface area contributed by atoms with Crippen molar-refractivity contribution in [1.82, 2.24) is 0 Å². The van der Waals surface area contributed by atoms with E-state index in [-0.39, 0.29) is 0 Å². The standard InChI is InChI=1S/C21H20/c1-3-4-5-6-7-19-12-14-21(15-13-19)17-16-20-10-8-18(2)9-11-20/h3,6-15H,1,4-5H2,2H3/b7-6+. The van der Waals surface area contributed by atoms with Crippen molar-refractivity contribution in [3.05, 3.63) is 89.5 Å². The molecule has 0 nitrogen and oxygen atoms in total. The van der Waals surface area contributed by atoms with E-state index in [1.807, 2.05) is 6.08 Å². The molecule has 104 valence electrons. The van der Waals surface area contributed by atoms with Gasteiger partial charge in [-0.05, 0) is 49.6 Å². The summed E-state index contributed by atoms with van der Waals surface area (Å²) >= 11 is 0. The molecule has 0 spiro atoms. The largest absolute Gasteiger partial charge is 0.103 e. The Labute approximate surface area is 127 Å². The lowest BCUT2D eigenvalue weighted by molar-refractivity contribution is 1.06. The maximum Gasteiger partial charge on any atom is 0.0249 e. The number of unbranched alkanes of at least 4 members (excludes halogenated alkanes) is 1. The maximum atomic E-state index is 3.72. The fraction of sp³-hybridized carbons (Fsp3) is 0.143. The first-order chi connectivity index (χ1) is 10.3. The van der Waals surface area contributed by atoms with Gasteiger partial charge in [-0.15, -0.1) is 6.58 Å². The first-order valence-electron chi connectivity index (χ1n) is 7.24. The van der Waals surface area contributed by atoms with Crippen LogP contribution < -0.4 is 0 Å². The lowest BCUT2D eigenvalue weighted by Gasteiger charge is -1.95. The van der Waals surface area contributed by atoms with Crippen LogP contribution in [0.4, 0.5) is 0 Å². The van der Waals surface area contributed by atoms with Gasteiger partial charge in [0.15, 0.2) is 0 Å². The molecular formula is C21H20. The molecule has 0 aliphatic carbocycles. The fourth-order valence-corrected chi connectivity index (χ4v) is 1.89. The van der Waals surface area contributed by atoms with Crippen LogP contribution in [0.5, 0.6) is 0 Å². The van der Waals surface area contributed by atoms with Crippen LogP contribution in [0, 0.1) is 18.8 Å². The van der Waals surface area contributed by atoms with E-state index >= 15 is 0 Å². The smallest absolute Gasteiger partial charge is 0.0249 e. The van der Waals surface area contributed by atoms with Gasteiger partial charge in [-0.1, -0.05) is 59.9 Å². The van der Waals surface area contributed by atoms with Gasteiger partial charge < -0.3 is 0 Å². The molecular weight excluding hydrogens is 252 g/mol. The quantitative estimate of drug-likeness (QED) is 0.398. The first-order valence-corrected chi connectivity index (χ1v) is 7.24. The topological polar surface area (TPSA) is 0 Å². The summed E-state index contributed by atoms with van der Waals surface area (Å²) < 4.78 is 0. The van der Waals surface area contributed by atoms with Crippen molar-refractivity contribution in [3.8, 4) is 11.8 Å². The van der Waals surface area contributed by atoms with Gasteiger partial charge in [-0.25, -0.2) is 0 Å². The highest BCUT2D eigenvalue weighted by Gasteiger charge is 1.89. The summed E-state index contributed by atoms with van der Waals surface area (Å²) in [5, 5.41) is 0. The zero-order valence-corrected chi connectivity index (χ0v) is 12.5. The number of allylic oxidation sites excluding steroid dienone is 2. The van der Waals surface area contributed by atoms with Gasteiger partial charge in [-0.2, -0.15) is 0 Å². The molecule has 0 unspecified atom stereocenters. The van der Waals surface area contributed by atoms with E-state index in [1.165, 1.54) is 11.1 Å². The van der Waals surface area contributed by atoms with Gasteiger partial charge in [0, 0.05) is 11.1 Å². The number of rotatable bonds is 4. The average molecular weight is 272 g/mol. The Morgan fingerprint density at radius 1 is 0.857 bits per heavy atom. The van der Waals surface area contributed by atoms with Crippen molar-refractivity contribution in [1.29, 1.82) is 0 Å². The van der Waals surface area contributed by atoms with Crippen LogP contribution in [0.2, 0.25) is 0 Å². The van der Waals surface area contributed by atoms with Crippen LogP contribution in [0.3, 0.4) is 0 Å². The predicted octanol–water partition coefficient (Wildman–Crippen LogP) is 5.37. The molecule has 2 aromatic rings. The summed E-state index contributed by atoms with van der Waals surface area (Å²) in [7, 11) is 0. The Morgan fingerprint density at radius 2 is 1.43 bits per heavy atom. The molecule has 0 bridgehead atoms. The molecule has 0 aliphatic heterocycles. The molecule has 0 heteroatoms. The molecule has 0 aromatic heterocycles. The molecule has 0 fully saturated rings. The second-order valence-electron chi connectivity index (χ2n) is 5.01. The van der Waals surface area contributed by atoms with Gasteiger partial charge in [0.2, 0.25) is 0 Å². The van der Waals surface area contributed by atoms with Crippen molar-refractivity contribution < 1.29 is 0 Å². The summed E-state index contributed by atoms with van der Waals surface area (Å²) in [6.45, 7) is 5.80. The van der Waals surface area contributed by atoms with E-state index in [1.54, 1.807) is 0 Å². The van der Waals surface area contributed by atoms with Gasteiger partial charge in [-0.3, -0.25) is 0 Å². The van der Waals surface area contributed by atoms with Crippen molar-refractivity contribution in [2.75, 3.05) is 0 Å². The van der Waals surface area contributed by atoms with Crippen molar-refractivity contribution in [3.63, 3.8) is 0 Å². The molecule has 0 N–H and O–H groups in total. The van der Waals surface area contributed by atoms with Crippen LogP contribution in [0.25, 0.3) is 6.08 Å². The summed E-state index contributed by atoms with van der Waals surface area (Å²) in [6, 6.07) is 16.6. The Hall–Kier alpha value is -2.52. The SMILES string of the molecule is C=CCC/C=C/c1ccc(C#Cc2ccc(C)cc2)cc1. The maximum absolute atomic E-state index is 3.72. The highest BCUT2D eigenvalue weighted by Crippen LogP contribution is 2.07. The molecule has 0 amide bonds. The van der Waals surface area contributed by atoms with E-state index in [4.69, 9.17) is 0 Å². The Bertz CT molecular complexity index is 659. The van der Waals surface area contributed by atoms with E-state index in [2.05, 4.69) is 86.0 Å². The molecule has 0 saturated carbocycles. The lowest BCUT2D eigenvalue weighted by atomic mass is 10.1. The van der Waals surface area contributed by atoms with Crippen LogP contribution >= 0.6 is 0 Å². The van der Waals surface area contributed by atoms with Crippen LogP contribution in [0.15, 0.2) is 67.3 Å². The number of hydrogen-bond acceptors (Lipinski definition) is 0. The molecule has 2 aromatic carbocycles. The highest BCUT2D eigenvalue weighted by molar-refractivity contribution is 5.52. The van der Waals surface area contributed by atoms with Gasteiger partial charge >= 0.3 is 0 Å². The number of aryl methyl sites for hydroxylation is 1. The van der Waals surface area contributed by atoms with Crippen LogP contribution in [-0.2, 0) is 0 Å². The van der Waals surface area contributed by atoms with E-state index < -0.39 is 0 Å². The minimum atomic E-state index is 1.02. The fourth-order valence-electron chi connectivity index (χ4n) is 1.89. The summed E-state index contributed by atoms with van der Waals surface area (Å²) in [5.74, 6) is 6.39. The summed E-state index contributed by atoms with van der Waals surface area (Å²) in [6.07, 6.45) is 8.32. The summed E-state index contributed by atoms with van der Waals surface area (Å²) in [4.78, 5) is 0. The first kappa shape index (κ1) is 14.9. The Kier molecular flexibility index (Phi) is 5.61. The molecule has 0 radical (unpaired) electrons. The predicted molar refractivity (Wildman–Crippen MR) is 92.1 cm³/mol. The third-order valence-corrected chi connectivity index (χ3v) is 3.16. The molecule has 0 atom stereocenters. The lowest BCUT2D eigenvalue weighted by Crippen LogP contribution is -1.78. The third kappa shape index (κ3) is 5.16. The normalized spacial score (nSPS) is 10.1. The van der Waals surface area contributed by atoms with Crippen molar-refractivity contribution in [2.24, 2.45) is 0 Å². The summed E-state index contributed by atoms with van der Waals surface area (Å²) in [5.41, 5.74) is 4.56. The van der Waals surface area contributed by atoms with Crippen LogP contribution in [-0.4, -0.2) is 0 Å². The Morgan fingerprint density at radius 3 is 2.00 bits per heavy atom. The molecule has 21 heavy (non-hydrogen) atoms. The molecule has 0 saturated heterocycles. The highest BCUT2D eigenvalue weighted by atomic mass is 13.9. The Balaban J connectivity index is 2.01. The molecule has 0 heterocycles. The third-order valence-electron chi connectivity index (χ3n) is 3.16. The van der Waals surface area contributed by atoms with Gasteiger partial charge in [0.25, 0.3) is 0 Å². The average Bonchev–Trinajstić information content (AvgIpc) is 2.52. The number of hydrogen-bond donors (Lipinski definition) is 0. The molecule has 2 rings (SSSR count). The molecule has 0 aliphatic rings. The van der Waals surface area contributed by atoms with E-state index in [9.17, 15) is 0 Å².